The number of rotatable bonds is 3. The molecule has 1 atom stereocenters. The van der Waals surface area contributed by atoms with E-state index in [2.05, 4.69) is 23.3 Å². The van der Waals surface area contributed by atoms with Crippen molar-refractivity contribution in [3.8, 4) is 6.07 Å². The predicted molar refractivity (Wildman–Crippen MR) is 74.3 cm³/mol. The fourth-order valence-corrected chi connectivity index (χ4v) is 2.42. The molecule has 4 heteroatoms. The van der Waals surface area contributed by atoms with Crippen LogP contribution in [0, 0.1) is 11.3 Å². The molecule has 1 aromatic carbocycles. The van der Waals surface area contributed by atoms with Crippen LogP contribution in [-0.4, -0.2) is 31.1 Å². The number of nitrogen functional groups attached to an aromatic ring is 1. The molecule has 96 valence electrons. The van der Waals surface area contributed by atoms with Crippen LogP contribution < -0.4 is 11.1 Å². The number of likely N-dealkylation sites (tertiary alicyclic amines) is 1. The van der Waals surface area contributed by atoms with E-state index < -0.39 is 0 Å². The van der Waals surface area contributed by atoms with E-state index in [0.29, 0.717) is 17.3 Å². The van der Waals surface area contributed by atoms with E-state index in [9.17, 15) is 0 Å². The Morgan fingerprint density at radius 3 is 3.00 bits per heavy atom. The Morgan fingerprint density at radius 2 is 2.33 bits per heavy atom. The first-order chi connectivity index (χ1) is 8.70. The Balaban J connectivity index is 1.95. The minimum Gasteiger partial charge on any atom is -0.397 e. The highest BCUT2D eigenvalue weighted by atomic mass is 15.2. The number of nitrogens with two attached hydrogens (primary N) is 1. The van der Waals surface area contributed by atoms with E-state index in [0.717, 1.165) is 12.2 Å². The molecule has 18 heavy (non-hydrogen) atoms. The number of anilines is 2. The lowest BCUT2D eigenvalue weighted by atomic mass is 10.0. The first-order valence-corrected chi connectivity index (χ1v) is 6.44. The Hall–Kier alpha value is -1.73. The van der Waals surface area contributed by atoms with Gasteiger partial charge in [0.25, 0.3) is 0 Å². The van der Waals surface area contributed by atoms with E-state index in [1.54, 1.807) is 12.1 Å². The molecule has 1 aromatic rings. The molecule has 0 saturated carbocycles. The van der Waals surface area contributed by atoms with Crippen molar-refractivity contribution in [1.29, 1.82) is 5.26 Å². The summed E-state index contributed by atoms with van der Waals surface area (Å²) in [6.45, 7) is 2.09. The molecule has 3 N–H and O–H groups in total. The fraction of sp³-hybridized carbons (Fsp3) is 0.500. The average molecular weight is 244 g/mol. The second kappa shape index (κ2) is 5.74. The van der Waals surface area contributed by atoms with Gasteiger partial charge in [0.15, 0.2) is 0 Å². The van der Waals surface area contributed by atoms with Gasteiger partial charge < -0.3 is 16.0 Å². The fourth-order valence-electron chi connectivity index (χ4n) is 2.42. The number of nitriles is 1. The molecule has 0 amide bonds. The maximum absolute atomic E-state index is 8.79. The number of nitrogens with zero attached hydrogens (tertiary/aromatic N) is 2. The Morgan fingerprint density at radius 1 is 1.50 bits per heavy atom. The number of hydrogen-bond acceptors (Lipinski definition) is 4. The number of benzene rings is 1. The molecule has 0 spiro atoms. The number of likely N-dealkylation sites (N-methyl/N-ethyl adjacent to an activating group) is 1. The van der Waals surface area contributed by atoms with Crippen LogP contribution >= 0.6 is 0 Å². The minimum atomic E-state index is 0.578. The maximum Gasteiger partial charge on any atom is 0.0992 e. The van der Waals surface area contributed by atoms with Crippen LogP contribution in [0.1, 0.15) is 24.8 Å². The molecule has 2 rings (SSSR count). The van der Waals surface area contributed by atoms with Gasteiger partial charge in [-0.3, -0.25) is 0 Å². The molecule has 0 bridgehead atoms. The topological polar surface area (TPSA) is 65.1 Å². The monoisotopic (exact) mass is 244 g/mol. The third-order valence-corrected chi connectivity index (χ3v) is 3.63. The standard InChI is InChI=1S/C14H20N4/c1-18-7-3-2-4-12(18)10-17-14-6-5-11(9-15)8-13(14)16/h5-6,8,12,17H,2-4,7,10,16H2,1H3. The zero-order valence-corrected chi connectivity index (χ0v) is 10.8. The predicted octanol–water partition coefficient (Wildman–Crippen LogP) is 2.04. The van der Waals surface area contributed by atoms with E-state index in [-0.39, 0.29) is 0 Å². The molecule has 1 unspecified atom stereocenters. The van der Waals surface area contributed by atoms with Crippen molar-refractivity contribution >= 4 is 11.4 Å². The van der Waals surface area contributed by atoms with Crippen LogP contribution in [0.3, 0.4) is 0 Å². The number of hydrogen-bond donors (Lipinski definition) is 2. The summed E-state index contributed by atoms with van der Waals surface area (Å²) >= 11 is 0. The van der Waals surface area contributed by atoms with Crippen molar-refractivity contribution in [2.24, 2.45) is 0 Å². The van der Waals surface area contributed by atoms with Crippen LogP contribution in [-0.2, 0) is 0 Å². The smallest absolute Gasteiger partial charge is 0.0992 e. The molecule has 4 nitrogen and oxygen atoms in total. The van der Waals surface area contributed by atoms with Gasteiger partial charge in [0.2, 0.25) is 0 Å². The Labute approximate surface area is 108 Å². The van der Waals surface area contributed by atoms with Crippen molar-refractivity contribution in [2.45, 2.75) is 25.3 Å². The molecule has 1 aliphatic rings. The van der Waals surface area contributed by atoms with Gasteiger partial charge in [-0.2, -0.15) is 5.26 Å². The molecule has 0 aliphatic carbocycles. The summed E-state index contributed by atoms with van der Waals surface area (Å²) in [6, 6.07) is 8.06. The lowest BCUT2D eigenvalue weighted by molar-refractivity contribution is 0.194. The van der Waals surface area contributed by atoms with Gasteiger partial charge in [0, 0.05) is 12.6 Å². The molecule has 1 saturated heterocycles. The number of nitrogens with one attached hydrogen (secondary N) is 1. The van der Waals surface area contributed by atoms with Gasteiger partial charge in [0.05, 0.1) is 23.0 Å². The highest BCUT2D eigenvalue weighted by Gasteiger charge is 2.18. The van der Waals surface area contributed by atoms with E-state index in [1.165, 1.54) is 25.8 Å². The van der Waals surface area contributed by atoms with E-state index in [4.69, 9.17) is 11.0 Å². The number of piperidine rings is 1. The van der Waals surface area contributed by atoms with Gasteiger partial charge in [0.1, 0.15) is 0 Å². The van der Waals surface area contributed by atoms with Crippen molar-refractivity contribution < 1.29 is 0 Å². The van der Waals surface area contributed by atoms with Crippen LogP contribution in [0.2, 0.25) is 0 Å². The van der Waals surface area contributed by atoms with Crippen molar-refractivity contribution in [3.63, 3.8) is 0 Å². The lowest BCUT2D eigenvalue weighted by Gasteiger charge is -2.32. The summed E-state index contributed by atoms with van der Waals surface area (Å²) in [5.74, 6) is 0. The largest absolute Gasteiger partial charge is 0.397 e. The zero-order valence-electron chi connectivity index (χ0n) is 10.8. The molecule has 0 radical (unpaired) electrons. The SMILES string of the molecule is CN1CCCCC1CNc1ccc(C#N)cc1N. The van der Waals surface area contributed by atoms with Crippen molar-refractivity contribution in [1.82, 2.24) is 4.90 Å². The van der Waals surface area contributed by atoms with Gasteiger partial charge in [-0.05, 0) is 44.6 Å². The summed E-state index contributed by atoms with van der Waals surface area (Å²) in [5, 5.41) is 12.2. The van der Waals surface area contributed by atoms with Crippen molar-refractivity contribution in [2.75, 3.05) is 31.2 Å². The minimum absolute atomic E-state index is 0.578. The highest BCUT2D eigenvalue weighted by molar-refractivity contribution is 5.68. The molecule has 1 aliphatic heterocycles. The second-order valence-electron chi connectivity index (χ2n) is 4.92. The second-order valence-corrected chi connectivity index (χ2v) is 4.92. The molecule has 1 fully saturated rings. The van der Waals surface area contributed by atoms with Crippen LogP contribution in [0.5, 0.6) is 0 Å². The normalized spacial score (nSPS) is 20.3. The Bertz CT molecular complexity index is 450. The van der Waals surface area contributed by atoms with E-state index in [1.807, 2.05) is 6.07 Å². The third-order valence-electron chi connectivity index (χ3n) is 3.63. The van der Waals surface area contributed by atoms with Gasteiger partial charge in [-0.15, -0.1) is 0 Å². The summed E-state index contributed by atoms with van der Waals surface area (Å²) in [4.78, 5) is 2.40. The molecule has 0 aromatic heterocycles. The summed E-state index contributed by atoms with van der Waals surface area (Å²) < 4.78 is 0. The third kappa shape index (κ3) is 2.93. The average Bonchev–Trinajstić information content (AvgIpc) is 2.39. The van der Waals surface area contributed by atoms with Gasteiger partial charge >= 0.3 is 0 Å². The lowest BCUT2D eigenvalue weighted by Crippen LogP contribution is -2.40. The first kappa shape index (κ1) is 12.7. The summed E-state index contributed by atoms with van der Waals surface area (Å²) in [6.07, 6.45) is 3.84. The van der Waals surface area contributed by atoms with Gasteiger partial charge in [-0.25, -0.2) is 0 Å². The molecular formula is C14H20N4. The van der Waals surface area contributed by atoms with Crippen molar-refractivity contribution in [3.05, 3.63) is 23.8 Å². The summed E-state index contributed by atoms with van der Waals surface area (Å²) in [7, 11) is 2.17. The highest BCUT2D eigenvalue weighted by Crippen LogP contribution is 2.21. The quantitative estimate of drug-likeness (QED) is 0.799. The van der Waals surface area contributed by atoms with Crippen LogP contribution in [0.4, 0.5) is 11.4 Å². The van der Waals surface area contributed by atoms with Crippen LogP contribution in [0.25, 0.3) is 0 Å². The van der Waals surface area contributed by atoms with Crippen LogP contribution in [0.15, 0.2) is 18.2 Å². The molecular weight excluding hydrogens is 224 g/mol. The summed E-state index contributed by atoms with van der Waals surface area (Å²) in [5.41, 5.74) is 8.09. The van der Waals surface area contributed by atoms with Gasteiger partial charge in [-0.1, -0.05) is 6.42 Å². The van der Waals surface area contributed by atoms with E-state index >= 15 is 0 Å². The molecule has 1 heterocycles. The maximum atomic E-state index is 8.79. The first-order valence-electron chi connectivity index (χ1n) is 6.44. The Kier molecular flexibility index (Phi) is 4.06. The zero-order chi connectivity index (χ0) is 13.0.